The summed E-state index contributed by atoms with van der Waals surface area (Å²) < 4.78 is 17.0. The van der Waals surface area contributed by atoms with E-state index in [-0.39, 0.29) is 11.8 Å². The van der Waals surface area contributed by atoms with Gasteiger partial charge >= 0.3 is 0 Å². The number of carbonyl (C=O) groups excluding carboxylic acids is 1. The number of hydrogen-bond donors (Lipinski definition) is 1. The molecule has 3 aromatic rings. The van der Waals surface area contributed by atoms with E-state index in [0.29, 0.717) is 32.8 Å². The Kier molecular flexibility index (Phi) is 6.85. The summed E-state index contributed by atoms with van der Waals surface area (Å²) in [6.45, 7) is 1.91. The van der Waals surface area contributed by atoms with E-state index in [4.69, 9.17) is 14.2 Å². The van der Waals surface area contributed by atoms with Crippen molar-refractivity contribution in [1.29, 1.82) is 0 Å². The minimum absolute atomic E-state index is 0.00604. The van der Waals surface area contributed by atoms with Gasteiger partial charge in [-0.3, -0.25) is 4.79 Å². The predicted molar refractivity (Wildman–Crippen MR) is 119 cm³/mol. The van der Waals surface area contributed by atoms with Crippen molar-refractivity contribution in [3.05, 3.63) is 95.1 Å². The van der Waals surface area contributed by atoms with E-state index in [0.717, 1.165) is 33.8 Å². The first kappa shape index (κ1) is 20.9. The van der Waals surface area contributed by atoms with Gasteiger partial charge < -0.3 is 19.5 Å². The van der Waals surface area contributed by atoms with Crippen LogP contribution in [0.5, 0.6) is 11.5 Å². The second-order valence-corrected chi connectivity index (χ2v) is 7.65. The molecule has 1 aliphatic heterocycles. The maximum absolute atomic E-state index is 12.8. The van der Waals surface area contributed by atoms with E-state index in [1.807, 2.05) is 72.8 Å². The molecule has 1 aliphatic rings. The smallest absolute Gasteiger partial charge is 0.227 e. The molecule has 0 aromatic heterocycles. The molecule has 1 heterocycles. The predicted octanol–water partition coefficient (Wildman–Crippen LogP) is 4.28. The van der Waals surface area contributed by atoms with Crippen LogP contribution in [0.25, 0.3) is 0 Å². The zero-order valence-corrected chi connectivity index (χ0v) is 17.7. The number of methoxy groups -OCH3 is 1. The zero-order valence-electron chi connectivity index (χ0n) is 17.7. The molecule has 0 saturated carbocycles. The SMILES string of the molecule is COc1ccc2c(c1)CC(C(=O)NCc1ccccc1COCc1ccccc1)CO2. The largest absolute Gasteiger partial charge is 0.497 e. The van der Waals surface area contributed by atoms with Crippen molar-refractivity contribution in [3.8, 4) is 11.5 Å². The lowest BCUT2D eigenvalue weighted by Gasteiger charge is -2.25. The molecular weight excluding hydrogens is 390 g/mol. The van der Waals surface area contributed by atoms with Gasteiger partial charge in [-0.25, -0.2) is 0 Å². The second kappa shape index (κ2) is 10.1. The third-order valence-electron chi connectivity index (χ3n) is 5.49. The van der Waals surface area contributed by atoms with Crippen LogP contribution >= 0.6 is 0 Å². The Morgan fingerprint density at radius 1 is 1.00 bits per heavy atom. The van der Waals surface area contributed by atoms with Crippen LogP contribution in [-0.2, 0) is 35.7 Å². The molecule has 1 amide bonds. The average Bonchev–Trinajstić information content (AvgIpc) is 2.83. The van der Waals surface area contributed by atoms with Crippen LogP contribution in [0, 0.1) is 5.92 Å². The first-order valence-corrected chi connectivity index (χ1v) is 10.5. The molecule has 5 heteroatoms. The third kappa shape index (κ3) is 5.44. The van der Waals surface area contributed by atoms with Crippen molar-refractivity contribution in [1.82, 2.24) is 5.32 Å². The van der Waals surface area contributed by atoms with Crippen molar-refractivity contribution < 1.29 is 19.0 Å². The minimum atomic E-state index is -0.221. The van der Waals surface area contributed by atoms with Crippen molar-refractivity contribution in [3.63, 3.8) is 0 Å². The Balaban J connectivity index is 1.32. The first-order valence-electron chi connectivity index (χ1n) is 10.5. The number of ether oxygens (including phenoxy) is 3. The summed E-state index contributed by atoms with van der Waals surface area (Å²) in [5.74, 6) is 1.37. The summed E-state index contributed by atoms with van der Waals surface area (Å²) >= 11 is 0. The lowest BCUT2D eigenvalue weighted by atomic mass is 9.95. The van der Waals surface area contributed by atoms with E-state index in [9.17, 15) is 4.79 Å². The van der Waals surface area contributed by atoms with E-state index in [1.165, 1.54) is 0 Å². The molecule has 160 valence electrons. The molecule has 0 bridgehead atoms. The number of nitrogens with one attached hydrogen (secondary N) is 1. The third-order valence-corrected chi connectivity index (χ3v) is 5.49. The molecule has 1 atom stereocenters. The highest BCUT2D eigenvalue weighted by Gasteiger charge is 2.26. The molecule has 5 nitrogen and oxygen atoms in total. The summed E-state index contributed by atoms with van der Waals surface area (Å²) in [5.41, 5.74) is 4.28. The van der Waals surface area contributed by atoms with Gasteiger partial charge in [0.15, 0.2) is 0 Å². The summed E-state index contributed by atoms with van der Waals surface area (Å²) in [4.78, 5) is 12.8. The van der Waals surface area contributed by atoms with Gasteiger partial charge in [-0.1, -0.05) is 54.6 Å². The van der Waals surface area contributed by atoms with E-state index in [1.54, 1.807) is 7.11 Å². The van der Waals surface area contributed by atoms with Crippen LogP contribution in [0.2, 0.25) is 0 Å². The van der Waals surface area contributed by atoms with Crippen LogP contribution in [0.3, 0.4) is 0 Å². The van der Waals surface area contributed by atoms with Gasteiger partial charge in [-0.05, 0) is 46.9 Å². The molecule has 1 unspecified atom stereocenters. The number of amides is 1. The topological polar surface area (TPSA) is 56.8 Å². The van der Waals surface area contributed by atoms with Gasteiger partial charge in [0.1, 0.15) is 18.1 Å². The van der Waals surface area contributed by atoms with Gasteiger partial charge in [0.25, 0.3) is 0 Å². The monoisotopic (exact) mass is 417 g/mol. The fourth-order valence-corrected chi connectivity index (χ4v) is 3.72. The number of rotatable bonds is 8. The highest BCUT2D eigenvalue weighted by atomic mass is 16.5. The molecule has 31 heavy (non-hydrogen) atoms. The number of hydrogen-bond acceptors (Lipinski definition) is 4. The highest BCUT2D eigenvalue weighted by molar-refractivity contribution is 5.79. The van der Waals surface area contributed by atoms with Gasteiger partial charge in [0, 0.05) is 6.54 Å². The fourth-order valence-electron chi connectivity index (χ4n) is 3.72. The van der Waals surface area contributed by atoms with Crippen molar-refractivity contribution in [2.24, 2.45) is 5.92 Å². The molecule has 3 aromatic carbocycles. The second-order valence-electron chi connectivity index (χ2n) is 7.65. The molecule has 4 rings (SSSR count). The number of benzene rings is 3. The maximum atomic E-state index is 12.8. The van der Waals surface area contributed by atoms with Crippen LogP contribution in [0.15, 0.2) is 72.8 Å². The Morgan fingerprint density at radius 3 is 2.58 bits per heavy atom. The number of carbonyl (C=O) groups is 1. The quantitative estimate of drug-likeness (QED) is 0.594. The zero-order chi connectivity index (χ0) is 21.5. The molecule has 0 radical (unpaired) electrons. The van der Waals surface area contributed by atoms with Gasteiger partial charge in [0.05, 0.1) is 26.2 Å². The van der Waals surface area contributed by atoms with Crippen molar-refractivity contribution in [2.45, 2.75) is 26.2 Å². The average molecular weight is 418 g/mol. The summed E-state index contributed by atoms with van der Waals surface area (Å²) in [7, 11) is 1.64. The Morgan fingerprint density at radius 2 is 1.77 bits per heavy atom. The fraction of sp³-hybridized carbons (Fsp3) is 0.269. The summed E-state index contributed by atoms with van der Waals surface area (Å²) in [5, 5.41) is 3.07. The Hall–Kier alpha value is -3.31. The van der Waals surface area contributed by atoms with Crippen LogP contribution in [-0.4, -0.2) is 19.6 Å². The molecule has 1 N–H and O–H groups in total. The van der Waals surface area contributed by atoms with E-state index in [2.05, 4.69) is 5.32 Å². The normalized spacial score (nSPS) is 14.9. The van der Waals surface area contributed by atoms with Crippen LogP contribution in [0.1, 0.15) is 22.3 Å². The summed E-state index contributed by atoms with van der Waals surface area (Å²) in [6.07, 6.45) is 0.639. The minimum Gasteiger partial charge on any atom is -0.497 e. The molecule has 0 aliphatic carbocycles. The van der Waals surface area contributed by atoms with Crippen LogP contribution < -0.4 is 14.8 Å². The highest BCUT2D eigenvalue weighted by Crippen LogP contribution is 2.30. The van der Waals surface area contributed by atoms with Crippen LogP contribution in [0.4, 0.5) is 0 Å². The lowest BCUT2D eigenvalue weighted by molar-refractivity contribution is -0.126. The maximum Gasteiger partial charge on any atom is 0.227 e. The Labute approximate surface area is 183 Å². The van der Waals surface area contributed by atoms with Gasteiger partial charge in [0.2, 0.25) is 5.91 Å². The lowest BCUT2D eigenvalue weighted by Crippen LogP contribution is -2.37. The standard InChI is InChI=1S/C26H27NO4/c1-29-24-11-12-25-22(14-24)13-23(18-31-25)26(28)27-15-20-9-5-6-10-21(20)17-30-16-19-7-3-2-4-8-19/h2-12,14,23H,13,15-18H2,1H3,(H,27,28). The first-order chi connectivity index (χ1) is 15.2. The number of fused-ring (bicyclic) bond motifs is 1. The van der Waals surface area contributed by atoms with Crippen molar-refractivity contribution in [2.75, 3.05) is 13.7 Å². The van der Waals surface area contributed by atoms with E-state index < -0.39 is 0 Å². The summed E-state index contributed by atoms with van der Waals surface area (Å²) in [6, 6.07) is 23.8. The van der Waals surface area contributed by atoms with Crippen molar-refractivity contribution >= 4 is 5.91 Å². The molecule has 0 spiro atoms. The molecular formula is C26H27NO4. The van der Waals surface area contributed by atoms with E-state index >= 15 is 0 Å². The Bertz CT molecular complexity index is 1020. The molecule has 0 saturated heterocycles. The van der Waals surface area contributed by atoms with Gasteiger partial charge in [-0.15, -0.1) is 0 Å². The van der Waals surface area contributed by atoms with Gasteiger partial charge in [-0.2, -0.15) is 0 Å². The molecule has 0 fully saturated rings.